The Bertz CT molecular complexity index is 928. The Hall–Kier alpha value is -3.26. The first-order valence-corrected chi connectivity index (χ1v) is 9.33. The summed E-state index contributed by atoms with van der Waals surface area (Å²) in [4.78, 5) is 22.8. The summed E-state index contributed by atoms with van der Waals surface area (Å²) in [6.45, 7) is 3.68. The molecule has 2 N–H and O–H groups in total. The third-order valence-electron chi connectivity index (χ3n) is 4.74. The highest BCUT2D eigenvalue weighted by Crippen LogP contribution is 2.19. The summed E-state index contributed by atoms with van der Waals surface area (Å²) in [6.07, 6.45) is 7.00. The standard InChI is InChI=1S/C20H23N7O/c1-26-14-17(11-25-26)16-4-2-15(3-5-16)10-23-19-13-22-18(12-24-19)20(28)27-8-6-21-7-9-27/h2-5,11-14,21H,6-10H2,1H3,(H,23,24). The van der Waals surface area contributed by atoms with Crippen molar-refractivity contribution >= 4 is 11.7 Å². The van der Waals surface area contributed by atoms with E-state index in [1.807, 2.05) is 19.4 Å². The number of rotatable bonds is 5. The van der Waals surface area contributed by atoms with Gasteiger partial charge >= 0.3 is 0 Å². The van der Waals surface area contributed by atoms with E-state index in [-0.39, 0.29) is 5.91 Å². The molecule has 0 spiro atoms. The molecule has 28 heavy (non-hydrogen) atoms. The van der Waals surface area contributed by atoms with Crippen molar-refractivity contribution < 1.29 is 4.79 Å². The van der Waals surface area contributed by atoms with Crippen LogP contribution in [0.25, 0.3) is 11.1 Å². The van der Waals surface area contributed by atoms with Gasteiger partial charge in [0, 0.05) is 51.5 Å². The molecule has 0 radical (unpaired) electrons. The van der Waals surface area contributed by atoms with Gasteiger partial charge in [0.15, 0.2) is 0 Å². The zero-order chi connectivity index (χ0) is 19.3. The van der Waals surface area contributed by atoms with E-state index in [1.54, 1.807) is 15.8 Å². The molecule has 3 heterocycles. The third kappa shape index (κ3) is 4.17. The predicted molar refractivity (Wildman–Crippen MR) is 107 cm³/mol. The maximum Gasteiger partial charge on any atom is 0.274 e. The second-order valence-corrected chi connectivity index (χ2v) is 6.78. The van der Waals surface area contributed by atoms with Crippen LogP contribution in [-0.4, -0.2) is 56.7 Å². The highest BCUT2D eigenvalue weighted by Gasteiger charge is 2.19. The maximum absolute atomic E-state index is 12.4. The van der Waals surface area contributed by atoms with E-state index in [9.17, 15) is 4.79 Å². The smallest absolute Gasteiger partial charge is 0.274 e. The lowest BCUT2D eigenvalue weighted by atomic mass is 10.1. The Kier molecular flexibility index (Phi) is 5.29. The fourth-order valence-corrected chi connectivity index (χ4v) is 3.14. The first kappa shape index (κ1) is 18.1. The molecule has 0 aliphatic carbocycles. The zero-order valence-electron chi connectivity index (χ0n) is 15.8. The van der Waals surface area contributed by atoms with Gasteiger partial charge in [-0.3, -0.25) is 9.48 Å². The number of amides is 1. The Labute approximate surface area is 163 Å². The molecule has 0 atom stereocenters. The number of carbonyl (C=O) groups excluding carboxylic acids is 1. The molecular formula is C20H23N7O. The van der Waals surface area contributed by atoms with Crippen molar-refractivity contribution in [3.05, 3.63) is 60.3 Å². The number of aromatic nitrogens is 4. The molecule has 2 aromatic heterocycles. The van der Waals surface area contributed by atoms with Crippen molar-refractivity contribution in [2.24, 2.45) is 7.05 Å². The van der Waals surface area contributed by atoms with Gasteiger partial charge in [-0.15, -0.1) is 0 Å². The van der Waals surface area contributed by atoms with Crippen LogP contribution < -0.4 is 10.6 Å². The summed E-state index contributed by atoms with van der Waals surface area (Å²) < 4.78 is 1.79. The SMILES string of the molecule is Cn1cc(-c2ccc(CNc3cnc(C(=O)N4CCNCC4)cn3)cc2)cn1. The van der Waals surface area contributed by atoms with E-state index in [1.165, 1.54) is 6.20 Å². The number of nitrogens with one attached hydrogen (secondary N) is 2. The number of hydrogen-bond acceptors (Lipinski definition) is 6. The summed E-state index contributed by atoms with van der Waals surface area (Å²) in [5.41, 5.74) is 3.74. The van der Waals surface area contributed by atoms with Gasteiger partial charge in [-0.25, -0.2) is 9.97 Å². The lowest BCUT2D eigenvalue weighted by molar-refractivity contribution is 0.0729. The molecule has 0 unspecified atom stereocenters. The maximum atomic E-state index is 12.4. The molecule has 4 rings (SSSR count). The number of benzene rings is 1. The Morgan fingerprint density at radius 1 is 1.07 bits per heavy atom. The van der Waals surface area contributed by atoms with Crippen LogP contribution in [0.1, 0.15) is 16.1 Å². The summed E-state index contributed by atoms with van der Waals surface area (Å²) in [5, 5.41) is 10.7. The number of hydrogen-bond donors (Lipinski definition) is 2. The van der Waals surface area contributed by atoms with E-state index in [0.717, 1.165) is 29.8 Å². The van der Waals surface area contributed by atoms with Crippen molar-refractivity contribution in [3.63, 3.8) is 0 Å². The van der Waals surface area contributed by atoms with Gasteiger partial charge in [-0.05, 0) is 11.1 Å². The van der Waals surface area contributed by atoms with Crippen molar-refractivity contribution in [2.45, 2.75) is 6.54 Å². The molecule has 1 saturated heterocycles. The summed E-state index contributed by atoms with van der Waals surface area (Å²) >= 11 is 0. The van der Waals surface area contributed by atoms with Crippen molar-refractivity contribution in [1.29, 1.82) is 0 Å². The van der Waals surface area contributed by atoms with Crippen LogP contribution >= 0.6 is 0 Å². The number of aryl methyl sites for hydroxylation is 1. The highest BCUT2D eigenvalue weighted by atomic mass is 16.2. The lowest BCUT2D eigenvalue weighted by Crippen LogP contribution is -2.46. The molecule has 144 valence electrons. The molecule has 0 bridgehead atoms. The van der Waals surface area contributed by atoms with Crippen LogP contribution in [0.3, 0.4) is 0 Å². The molecule has 1 amide bonds. The second kappa shape index (κ2) is 8.18. The minimum atomic E-state index is -0.0634. The molecule has 1 aromatic carbocycles. The normalized spacial score (nSPS) is 14.1. The number of anilines is 1. The Morgan fingerprint density at radius 3 is 2.50 bits per heavy atom. The van der Waals surface area contributed by atoms with E-state index in [4.69, 9.17) is 0 Å². The van der Waals surface area contributed by atoms with Gasteiger partial charge in [0.2, 0.25) is 0 Å². The van der Waals surface area contributed by atoms with Crippen molar-refractivity contribution in [1.82, 2.24) is 30.0 Å². The molecule has 1 fully saturated rings. The lowest BCUT2D eigenvalue weighted by Gasteiger charge is -2.26. The minimum Gasteiger partial charge on any atom is -0.365 e. The zero-order valence-corrected chi connectivity index (χ0v) is 15.8. The van der Waals surface area contributed by atoms with Gasteiger partial charge in [-0.2, -0.15) is 5.10 Å². The first-order chi connectivity index (χ1) is 13.7. The highest BCUT2D eigenvalue weighted by molar-refractivity contribution is 5.92. The number of carbonyl (C=O) groups is 1. The quantitative estimate of drug-likeness (QED) is 0.701. The Morgan fingerprint density at radius 2 is 1.86 bits per heavy atom. The topological polar surface area (TPSA) is 88.0 Å². The molecular weight excluding hydrogens is 354 g/mol. The largest absolute Gasteiger partial charge is 0.365 e. The van der Waals surface area contributed by atoms with E-state index < -0.39 is 0 Å². The minimum absolute atomic E-state index is 0.0634. The van der Waals surface area contributed by atoms with Crippen LogP contribution in [0.15, 0.2) is 49.1 Å². The number of nitrogens with zero attached hydrogens (tertiary/aromatic N) is 5. The fraction of sp³-hybridized carbons (Fsp3) is 0.300. The molecule has 8 heteroatoms. The molecule has 3 aromatic rings. The molecule has 1 aliphatic rings. The molecule has 0 saturated carbocycles. The van der Waals surface area contributed by atoms with Gasteiger partial charge in [0.25, 0.3) is 5.91 Å². The summed E-state index contributed by atoms with van der Waals surface area (Å²) in [5.74, 6) is 0.583. The fourth-order valence-electron chi connectivity index (χ4n) is 3.14. The van der Waals surface area contributed by atoms with Crippen molar-refractivity contribution in [2.75, 3.05) is 31.5 Å². The first-order valence-electron chi connectivity index (χ1n) is 9.33. The van der Waals surface area contributed by atoms with E-state index in [0.29, 0.717) is 31.1 Å². The van der Waals surface area contributed by atoms with Gasteiger partial charge in [0.1, 0.15) is 11.5 Å². The molecule has 8 nitrogen and oxygen atoms in total. The summed E-state index contributed by atoms with van der Waals surface area (Å²) in [7, 11) is 1.91. The molecule has 1 aliphatic heterocycles. The van der Waals surface area contributed by atoms with Crippen molar-refractivity contribution in [3.8, 4) is 11.1 Å². The monoisotopic (exact) mass is 377 g/mol. The second-order valence-electron chi connectivity index (χ2n) is 6.78. The van der Waals surface area contributed by atoms with Crippen LogP contribution in [0.5, 0.6) is 0 Å². The summed E-state index contributed by atoms with van der Waals surface area (Å²) in [6, 6.07) is 8.31. The average molecular weight is 377 g/mol. The van der Waals surface area contributed by atoms with Gasteiger partial charge < -0.3 is 15.5 Å². The average Bonchev–Trinajstić information content (AvgIpc) is 3.19. The predicted octanol–water partition coefficient (Wildman–Crippen LogP) is 1.53. The van der Waals surface area contributed by atoms with E-state index >= 15 is 0 Å². The van der Waals surface area contributed by atoms with Crippen LogP contribution in [0.4, 0.5) is 5.82 Å². The van der Waals surface area contributed by atoms with Crippen LogP contribution in [-0.2, 0) is 13.6 Å². The third-order valence-corrected chi connectivity index (χ3v) is 4.74. The van der Waals surface area contributed by atoms with Gasteiger partial charge in [0.05, 0.1) is 18.6 Å². The van der Waals surface area contributed by atoms with Gasteiger partial charge in [-0.1, -0.05) is 24.3 Å². The Balaban J connectivity index is 1.34. The van der Waals surface area contributed by atoms with E-state index in [2.05, 4.69) is 50.0 Å². The van der Waals surface area contributed by atoms with Crippen LogP contribution in [0, 0.1) is 0 Å². The van der Waals surface area contributed by atoms with Crippen LogP contribution in [0.2, 0.25) is 0 Å². The number of piperazine rings is 1.